The first-order valence-corrected chi connectivity index (χ1v) is 7.92. The lowest BCUT2D eigenvalue weighted by molar-refractivity contribution is 0.101. The first-order valence-electron chi connectivity index (χ1n) is 7.51. The van der Waals surface area contributed by atoms with E-state index in [0.717, 1.165) is 11.0 Å². The second-order valence-electron chi connectivity index (χ2n) is 5.60. The van der Waals surface area contributed by atoms with E-state index < -0.39 is 0 Å². The van der Waals surface area contributed by atoms with Crippen LogP contribution < -0.4 is 11.0 Å². The zero-order chi connectivity index (χ0) is 17.6. The molecule has 4 rings (SSSR count). The highest BCUT2D eigenvalue weighted by atomic mass is 32.1. The van der Waals surface area contributed by atoms with Gasteiger partial charge in [-0.15, -0.1) is 0 Å². The number of nitrogens with one attached hydrogen (secondary N) is 2. The molecule has 4 aromatic rings. The van der Waals surface area contributed by atoms with Crippen molar-refractivity contribution in [3.63, 3.8) is 0 Å². The van der Waals surface area contributed by atoms with E-state index in [1.807, 2.05) is 24.3 Å². The Bertz CT molecular complexity index is 1250. The van der Waals surface area contributed by atoms with Crippen LogP contribution in [0, 0.1) is 4.77 Å². The molecule has 2 N–H and O–H groups in total. The van der Waals surface area contributed by atoms with E-state index in [0.29, 0.717) is 21.2 Å². The van der Waals surface area contributed by atoms with E-state index in [-0.39, 0.29) is 11.5 Å². The SMILES string of the molecule is Cn1c(=S)[nH]c2cc(C(=O)Nn3cnc4ccccc43)ccc2c1=O. The van der Waals surface area contributed by atoms with Crippen LogP contribution in [0.3, 0.4) is 0 Å². The highest BCUT2D eigenvalue weighted by Crippen LogP contribution is 2.13. The fraction of sp³-hybridized carbons (Fsp3) is 0.0588. The number of nitrogens with zero attached hydrogens (tertiary/aromatic N) is 3. The van der Waals surface area contributed by atoms with Gasteiger partial charge in [0.1, 0.15) is 6.33 Å². The zero-order valence-corrected chi connectivity index (χ0v) is 14.0. The Hall–Kier alpha value is -3.26. The van der Waals surface area contributed by atoms with E-state index >= 15 is 0 Å². The highest BCUT2D eigenvalue weighted by molar-refractivity contribution is 7.71. The zero-order valence-electron chi connectivity index (χ0n) is 13.2. The fourth-order valence-electron chi connectivity index (χ4n) is 2.67. The molecule has 0 radical (unpaired) electrons. The van der Waals surface area contributed by atoms with Crippen molar-refractivity contribution in [1.29, 1.82) is 0 Å². The number of amides is 1. The molecule has 0 aliphatic rings. The van der Waals surface area contributed by atoms with Crippen molar-refractivity contribution in [3.8, 4) is 0 Å². The van der Waals surface area contributed by atoms with Gasteiger partial charge in [0.15, 0.2) is 4.77 Å². The number of hydrogen-bond donors (Lipinski definition) is 2. The van der Waals surface area contributed by atoms with Crippen molar-refractivity contribution in [2.24, 2.45) is 7.05 Å². The van der Waals surface area contributed by atoms with Gasteiger partial charge in [-0.3, -0.25) is 19.6 Å². The van der Waals surface area contributed by atoms with Crippen LogP contribution in [0.25, 0.3) is 21.9 Å². The maximum absolute atomic E-state index is 12.6. The van der Waals surface area contributed by atoms with Crippen molar-refractivity contribution in [1.82, 2.24) is 19.2 Å². The summed E-state index contributed by atoms with van der Waals surface area (Å²) in [4.78, 5) is 31.9. The van der Waals surface area contributed by atoms with Gasteiger partial charge in [0.25, 0.3) is 11.5 Å². The van der Waals surface area contributed by atoms with Crippen LogP contribution in [0.1, 0.15) is 10.4 Å². The van der Waals surface area contributed by atoms with Crippen LogP contribution in [0.2, 0.25) is 0 Å². The second-order valence-corrected chi connectivity index (χ2v) is 5.99. The Labute approximate surface area is 146 Å². The molecule has 0 fully saturated rings. The summed E-state index contributed by atoms with van der Waals surface area (Å²) in [7, 11) is 1.60. The molecular weight excluding hydrogens is 338 g/mol. The molecule has 124 valence electrons. The van der Waals surface area contributed by atoms with Crippen LogP contribution in [0.15, 0.2) is 53.6 Å². The summed E-state index contributed by atoms with van der Waals surface area (Å²) in [6, 6.07) is 12.3. The quantitative estimate of drug-likeness (QED) is 0.543. The molecule has 0 saturated carbocycles. The minimum absolute atomic E-state index is 0.202. The van der Waals surface area contributed by atoms with Gasteiger partial charge in [-0.25, -0.2) is 9.66 Å². The van der Waals surface area contributed by atoms with E-state index in [9.17, 15) is 9.59 Å². The summed E-state index contributed by atoms with van der Waals surface area (Å²) >= 11 is 5.12. The number of aromatic amines is 1. The number of fused-ring (bicyclic) bond motifs is 2. The molecule has 0 aliphatic carbocycles. The van der Waals surface area contributed by atoms with Crippen molar-refractivity contribution >= 4 is 40.1 Å². The topological polar surface area (TPSA) is 84.7 Å². The number of imidazole rings is 1. The molecule has 2 aromatic heterocycles. The first kappa shape index (κ1) is 15.3. The molecular formula is C17H13N5O2S. The number of H-pyrrole nitrogens is 1. The number of rotatable bonds is 2. The van der Waals surface area contributed by atoms with E-state index in [1.54, 1.807) is 36.3 Å². The molecule has 2 heterocycles. The minimum Gasteiger partial charge on any atom is -0.332 e. The smallest absolute Gasteiger partial charge is 0.270 e. The molecule has 0 bridgehead atoms. The molecule has 8 heteroatoms. The van der Waals surface area contributed by atoms with Gasteiger partial charge in [0.2, 0.25) is 0 Å². The number of hydrogen-bond acceptors (Lipinski definition) is 4. The highest BCUT2D eigenvalue weighted by Gasteiger charge is 2.11. The van der Waals surface area contributed by atoms with Crippen molar-refractivity contribution in [3.05, 3.63) is 69.5 Å². The number of para-hydroxylation sites is 2. The number of carbonyl (C=O) groups excluding carboxylic acids is 1. The van der Waals surface area contributed by atoms with Gasteiger partial charge in [-0.05, 0) is 42.5 Å². The van der Waals surface area contributed by atoms with Crippen LogP contribution in [0.4, 0.5) is 0 Å². The summed E-state index contributed by atoms with van der Waals surface area (Å²) < 4.78 is 3.22. The maximum Gasteiger partial charge on any atom is 0.270 e. The van der Waals surface area contributed by atoms with Gasteiger partial charge < -0.3 is 4.98 Å². The van der Waals surface area contributed by atoms with Gasteiger partial charge in [-0.2, -0.15) is 0 Å². The summed E-state index contributed by atoms with van der Waals surface area (Å²) in [5, 5.41) is 0.473. The molecule has 2 aromatic carbocycles. The Morgan fingerprint density at radius 1 is 1.24 bits per heavy atom. The largest absolute Gasteiger partial charge is 0.332 e. The third kappa shape index (κ3) is 2.52. The van der Waals surface area contributed by atoms with Gasteiger partial charge in [-0.1, -0.05) is 12.1 Å². The standard InChI is InChI=1S/C17H13N5O2S/c1-21-16(24)11-7-6-10(8-13(11)19-17(21)25)15(23)20-22-9-18-12-4-2-3-5-14(12)22/h2-9H,1H3,(H,19,25)(H,20,23). The molecule has 0 unspecified atom stereocenters. The van der Waals surface area contributed by atoms with E-state index in [2.05, 4.69) is 15.4 Å². The summed E-state index contributed by atoms with van der Waals surface area (Å²) in [5.74, 6) is -0.315. The third-order valence-corrected chi connectivity index (χ3v) is 4.41. The molecule has 0 atom stereocenters. The molecule has 7 nitrogen and oxygen atoms in total. The first-order chi connectivity index (χ1) is 12.0. The summed E-state index contributed by atoms with van der Waals surface area (Å²) in [5.41, 5.74) is 5.09. The van der Waals surface area contributed by atoms with Crippen molar-refractivity contribution in [2.75, 3.05) is 5.43 Å². The van der Waals surface area contributed by atoms with Crippen LogP contribution in [-0.4, -0.2) is 25.1 Å². The van der Waals surface area contributed by atoms with Gasteiger partial charge in [0, 0.05) is 12.6 Å². The normalized spacial score (nSPS) is 11.1. The van der Waals surface area contributed by atoms with E-state index in [4.69, 9.17) is 12.2 Å². The Balaban J connectivity index is 1.74. The monoisotopic (exact) mass is 351 g/mol. The number of carbonyl (C=O) groups is 1. The predicted octanol–water partition coefficient (Wildman–Crippen LogP) is 2.33. The fourth-order valence-corrected chi connectivity index (χ4v) is 2.86. The van der Waals surface area contributed by atoms with Crippen molar-refractivity contribution in [2.45, 2.75) is 0 Å². The lowest BCUT2D eigenvalue weighted by Crippen LogP contribution is -2.23. The number of aromatic nitrogens is 4. The van der Waals surface area contributed by atoms with Gasteiger partial charge >= 0.3 is 0 Å². The lowest BCUT2D eigenvalue weighted by atomic mass is 10.1. The molecule has 25 heavy (non-hydrogen) atoms. The molecule has 0 spiro atoms. The van der Waals surface area contributed by atoms with Crippen molar-refractivity contribution < 1.29 is 4.79 Å². The lowest BCUT2D eigenvalue weighted by Gasteiger charge is -2.08. The molecule has 1 amide bonds. The average molecular weight is 351 g/mol. The predicted molar refractivity (Wildman–Crippen MR) is 97.8 cm³/mol. The summed E-state index contributed by atoms with van der Waals surface area (Å²) in [6.45, 7) is 0. The second kappa shape index (κ2) is 5.67. The summed E-state index contributed by atoms with van der Waals surface area (Å²) in [6.07, 6.45) is 1.55. The van der Waals surface area contributed by atoms with Crippen LogP contribution in [-0.2, 0) is 7.05 Å². The Morgan fingerprint density at radius 2 is 2.04 bits per heavy atom. The van der Waals surface area contributed by atoms with Crippen LogP contribution >= 0.6 is 12.2 Å². The van der Waals surface area contributed by atoms with E-state index in [1.165, 1.54) is 4.57 Å². The van der Waals surface area contributed by atoms with Crippen LogP contribution in [0.5, 0.6) is 0 Å². The Morgan fingerprint density at radius 3 is 2.88 bits per heavy atom. The van der Waals surface area contributed by atoms with Gasteiger partial charge in [0.05, 0.1) is 21.9 Å². The number of benzene rings is 2. The Kier molecular flexibility index (Phi) is 3.47. The minimum atomic E-state index is -0.315. The third-order valence-electron chi connectivity index (χ3n) is 4.04. The molecule has 0 saturated heterocycles. The molecule has 0 aliphatic heterocycles. The average Bonchev–Trinajstić information content (AvgIpc) is 3.02. The maximum atomic E-state index is 12.6.